The van der Waals surface area contributed by atoms with E-state index in [2.05, 4.69) is 35.6 Å². The van der Waals surface area contributed by atoms with Gasteiger partial charge in [-0.1, -0.05) is 6.07 Å². The SMILES string of the molecule is Cc1ccc(NC(=O)c2nc(OCCN(C)C)oc2-c2ccc(F)cc2)cc1Nc1ncccc1-c1ncnc2c1ncn2C1CCCCO1. The molecule has 0 aliphatic carbocycles. The number of amides is 1. The van der Waals surface area contributed by atoms with Crippen LogP contribution in [0.2, 0.25) is 0 Å². The number of oxazole rings is 1. The van der Waals surface area contributed by atoms with Crippen molar-refractivity contribution in [2.24, 2.45) is 0 Å². The number of halogens is 1. The van der Waals surface area contributed by atoms with Gasteiger partial charge in [-0.2, -0.15) is 4.98 Å². The predicted octanol–water partition coefficient (Wildman–Crippen LogP) is 6.63. The lowest BCUT2D eigenvalue weighted by atomic mass is 10.1. The minimum Gasteiger partial charge on any atom is -0.449 e. The normalized spacial score (nSPS) is 14.6. The maximum absolute atomic E-state index is 13.7. The van der Waals surface area contributed by atoms with E-state index in [0.29, 0.717) is 59.4 Å². The molecule has 5 heterocycles. The van der Waals surface area contributed by atoms with Crippen molar-refractivity contribution in [3.63, 3.8) is 0 Å². The summed E-state index contributed by atoms with van der Waals surface area (Å²) in [5, 5.41) is 6.35. The number of aryl methyl sites for hydroxylation is 1. The molecule has 0 saturated carbocycles. The molecule has 1 unspecified atom stereocenters. The van der Waals surface area contributed by atoms with Crippen molar-refractivity contribution in [3.8, 4) is 28.7 Å². The molecule has 4 aromatic heterocycles. The van der Waals surface area contributed by atoms with E-state index in [9.17, 15) is 9.18 Å². The number of nitrogens with one attached hydrogen (secondary N) is 2. The predicted molar refractivity (Wildman–Crippen MR) is 186 cm³/mol. The molecule has 0 spiro atoms. The first-order chi connectivity index (χ1) is 24.3. The standard InChI is InChI=1S/C36H36FN9O4/c1-22-9-14-25(42-35(47)31-32(23-10-12-24(37)13-11-23)50-36(44-31)49-18-16-45(2)3)19-27(22)43-33-26(7-6-15-38-33)29-30-34(40-20-39-29)46(21-41-30)28-8-4-5-17-48-28/h6-7,9-15,19-21,28H,4-5,8,16-18H2,1-3H3,(H,38,43)(H,42,47). The Hall–Kier alpha value is -5.73. The van der Waals surface area contributed by atoms with Gasteiger partial charge in [0.25, 0.3) is 5.91 Å². The average Bonchev–Trinajstić information content (AvgIpc) is 3.76. The number of likely N-dealkylation sites (N-methyl/N-ethyl adjacent to an activating group) is 1. The van der Waals surface area contributed by atoms with Crippen molar-refractivity contribution in [3.05, 3.63) is 90.5 Å². The smallest absolute Gasteiger partial charge is 0.394 e. The number of anilines is 3. The Morgan fingerprint density at radius 1 is 1.08 bits per heavy atom. The molecule has 1 amide bonds. The average molecular weight is 678 g/mol. The van der Waals surface area contributed by atoms with Crippen molar-refractivity contribution in [1.82, 2.24) is 34.4 Å². The Bertz CT molecular complexity index is 2120. The van der Waals surface area contributed by atoms with Crippen molar-refractivity contribution in [2.45, 2.75) is 32.4 Å². The molecule has 1 saturated heterocycles. The highest BCUT2D eigenvalue weighted by Gasteiger charge is 2.24. The Labute approximate surface area is 287 Å². The zero-order valence-electron chi connectivity index (χ0n) is 27.9. The van der Waals surface area contributed by atoms with E-state index in [1.807, 2.05) is 54.8 Å². The highest BCUT2D eigenvalue weighted by Crippen LogP contribution is 2.35. The van der Waals surface area contributed by atoms with Crippen molar-refractivity contribution in [2.75, 3.05) is 44.5 Å². The van der Waals surface area contributed by atoms with Gasteiger partial charge < -0.3 is 29.4 Å². The van der Waals surface area contributed by atoms with E-state index in [1.165, 1.54) is 30.6 Å². The minimum absolute atomic E-state index is 0.00407. The fourth-order valence-corrected chi connectivity index (χ4v) is 5.68. The van der Waals surface area contributed by atoms with Crippen LogP contribution in [-0.4, -0.2) is 74.1 Å². The Morgan fingerprint density at radius 2 is 1.94 bits per heavy atom. The number of carbonyl (C=O) groups excluding carboxylic acids is 1. The second-order valence-electron chi connectivity index (χ2n) is 12.2. The Morgan fingerprint density at radius 3 is 2.74 bits per heavy atom. The van der Waals surface area contributed by atoms with Gasteiger partial charge in [0.1, 0.15) is 42.0 Å². The Kier molecular flexibility index (Phi) is 9.45. The summed E-state index contributed by atoms with van der Waals surface area (Å²) < 4.78 is 33.2. The lowest BCUT2D eigenvalue weighted by molar-refractivity contribution is -0.0298. The number of ether oxygens (including phenoxy) is 2. The molecule has 7 rings (SSSR count). The maximum Gasteiger partial charge on any atom is 0.394 e. The lowest BCUT2D eigenvalue weighted by Crippen LogP contribution is -2.19. The van der Waals surface area contributed by atoms with Gasteiger partial charge in [0, 0.05) is 41.9 Å². The third-order valence-corrected chi connectivity index (χ3v) is 8.33. The van der Waals surface area contributed by atoms with E-state index >= 15 is 0 Å². The van der Waals surface area contributed by atoms with Gasteiger partial charge in [0.2, 0.25) is 0 Å². The van der Waals surface area contributed by atoms with Gasteiger partial charge in [-0.25, -0.2) is 24.3 Å². The number of rotatable bonds is 11. The van der Waals surface area contributed by atoms with Crippen LogP contribution in [0.15, 0.2) is 77.9 Å². The molecular formula is C36H36FN9O4. The molecule has 2 aromatic carbocycles. The number of pyridine rings is 1. The molecule has 1 aliphatic rings. The number of hydrogen-bond donors (Lipinski definition) is 2. The van der Waals surface area contributed by atoms with Gasteiger partial charge in [0.15, 0.2) is 17.1 Å². The van der Waals surface area contributed by atoms with E-state index in [1.54, 1.807) is 18.6 Å². The van der Waals surface area contributed by atoms with Gasteiger partial charge in [0.05, 0.1) is 6.33 Å². The van der Waals surface area contributed by atoms with Crippen LogP contribution >= 0.6 is 0 Å². The zero-order chi connectivity index (χ0) is 34.6. The highest BCUT2D eigenvalue weighted by atomic mass is 19.1. The van der Waals surface area contributed by atoms with E-state index in [-0.39, 0.29) is 23.8 Å². The first-order valence-corrected chi connectivity index (χ1v) is 16.3. The zero-order valence-corrected chi connectivity index (χ0v) is 27.9. The Balaban J connectivity index is 1.15. The monoisotopic (exact) mass is 677 g/mol. The van der Waals surface area contributed by atoms with Crippen LogP contribution in [0, 0.1) is 12.7 Å². The van der Waals surface area contributed by atoms with Crippen LogP contribution in [-0.2, 0) is 4.74 Å². The second-order valence-corrected chi connectivity index (χ2v) is 12.2. The molecule has 256 valence electrons. The highest BCUT2D eigenvalue weighted by molar-refractivity contribution is 6.07. The molecular weight excluding hydrogens is 641 g/mol. The summed E-state index contributed by atoms with van der Waals surface area (Å²) in [4.78, 5) is 38.4. The maximum atomic E-state index is 13.7. The molecule has 1 aliphatic heterocycles. The number of imidazole rings is 1. The third-order valence-electron chi connectivity index (χ3n) is 8.33. The first-order valence-electron chi connectivity index (χ1n) is 16.3. The van der Waals surface area contributed by atoms with Crippen molar-refractivity contribution < 1.29 is 23.1 Å². The summed E-state index contributed by atoms with van der Waals surface area (Å²) in [5.41, 5.74) is 5.31. The number of nitrogens with zero attached hydrogens (tertiary/aromatic N) is 7. The van der Waals surface area contributed by atoms with Gasteiger partial charge >= 0.3 is 6.08 Å². The van der Waals surface area contributed by atoms with Gasteiger partial charge in [-0.15, -0.1) is 0 Å². The number of benzene rings is 2. The van der Waals surface area contributed by atoms with E-state index < -0.39 is 11.7 Å². The van der Waals surface area contributed by atoms with Crippen molar-refractivity contribution >= 4 is 34.3 Å². The van der Waals surface area contributed by atoms with E-state index in [0.717, 1.165) is 30.4 Å². The summed E-state index contributed by atoms with van der Waals surface area (Å²) in [7, 11) is 3.83. The molecule has 13 nitrogen and oxygen atoms in total. The van der Waals surface area contributed by atoms with Crippen LogP contribution in [0.4, 0.5) is 21.6 Å². The summed E-state index contributed by atoms with van der Waals surface area (Å²) in [5.74, 6) is -0.216. The summed E-state index contributed by atoms with van der Waals surface area (Å²) in [6.07, 6.45) is 7.83. The van der Waals surface area contributed by atoms with E-state index in [4.69, 9.17) is 13.9 Å². The molecule has 1 fully saturated rings. The number of fused-ring (bicyclic) bond motifs is 1. The number of hydrogen-bond acceptors (Lipinski definition) is 11. The van der Waals surface area contributed by atoms with Crippen LogP contribution < -0.4 is 15.4 Å². The lowest BCUT2D eigenvalue weighted by Gasteiger charge is -2.23. The molecule has 14 heteroatoms. The number of aromatic nitrogens is 6. The molecule has 2 N–H and O–H groups in total. The molecule has 6 aromatic rings. The second kappa shape index (κ2) is 14.4. The molecule has 0 radical (unpaired) electrons. The van der Waals surface area contributed by atoms with Crippen molar-refractivity contribution in [1.29, 1.82) is 0 Å². The summed E-state index contributed by atoms with van der Waals surface area (Å²) >= 11 is 0. The molecule has 1 atom stereocenters. The number of carbonyl (C=O) groups is 1. The third kappa shape index (κ3) is 7.02. The van der Waals surface area contributed by atoms with Gasteiger partial charge in [-0.3, -0.25) is 9.36 Å². The van der Waals surface area contributed by atoms with Crippen LogP contribution in [0.1, 0.15) is 41.5 Å². The largest absolute Gasteiger partial charge is 0.449 e. The summed E-state index contributed by atoms with van der Waals surface area (Å²) in [6.45, 7) is 3.58. The first kappa shape index (κ1) is 32.8. The van der Waals surface area contributed by atoms with Gasteiger partial charge in [-0.05, 0) is 94.4 Å². The quantitative estimate of drug-likeness (QED) is 0.152. The van der Waals surface area contributed by atoms with Crippen LogP contribution in [0.25, 0.3) is 33.7 Å². The molecule has 50 heavy (non-hydrogen) atoms. The van der Waals surface area contributed by atoms with Crippen LogP contribution in [0.5, 0.6) is 6.08 Å². The molecule has 0 bridgehead atoms. The fraction of sp³-hybridized carbons (Fsp3) is 0.278. The van der Waals surface area contributed by atoms with Crippen LogP contribution in [0.3, 0.4) is 0 Å². The minimum atomic E-state index is -0.523. The topological polar surface area (TPSA) is 145 Å². The fourth-order valence-electron chi connectivity index (χ4n) is 5.68. The summed E-state index contributed by atoms with van der Waals surface area (Å²) in [6, 6.07) is 14.9.